The fourth-order valence-electron chi connectivity index (χ4n) is 4.70. The van der Waals surface area contributed by atoms with Gasteiger partial charge in [-0.1, -0.05) is 0 Å². The summed E-state index contributed by atoms with van der Waals surface area (Å²) in [6, 6.07) is 9.65. The van der Waals surface area contributed by atoms with E-state index in [2.05, 4.69) is 0 Å². The molecule has 0 bridgehead atoms. The highest BCUT2D eigenvalue weighted by atomic mass is 16.7. The Kier molecular flexibility index (Phi) is 8.20. The number of benzene rings is 2. The maximum absolute atomic E-state index is 12.8. The van der Waals surface area contributed by atoms with Gasteiger partial charge < -0.3 is 64.2 Å². The topological polar surface area (TPSA) is 229 Å². The van der Waals surface area contributed by atoms with E-state index in [1.165, 1.54) is 31.2 Å². The molecule has 10 atom stereocenters. The number of aromatic hydroxyl groups is 1. The van der Waals surface area contributed by atoms with Gasteiger partial charge in [-0.2, -0.15) is 0 Å². The molecule has 14 nitrogen and oxygen atoms in total. The average molecular weight is 579 g/mol. The van der Waals surface area contributed by atoms with Crippen molar-refractivity contribution in [1.29, 1.82) is 0 Å². The number of ether oxygens (including phenoxy) is 4. The molecule has 1 aromatic heterocycles. The largest absolute Gasteiger partial charge is 0.507 e. The quantitative estimate of drug-likeness (QED) is 0.167. The van der Waals surface area contributed by atoms with E-state index in [0.29, 0.717) is 5.56 Å². The van der Waals surface area contributed by atoms with Crippen molar-refractivity contribution >= 4 is 11.0 Å². The number of fused-ring (bicyclic) bond motifs is 1. The van der Waals surface area contributed by atoms with Gasteiger partial charge in [-0.05, 0) is 31.2 Å². The second-order valence-corrected chi connectivity index (χ2v) is 9.93. The predicted molar refractivity (Wildman–Crippen MR) is 137 cm³/mol. The third kappa shape index (κ3) is 5.61. The standard InChI is InChI=1S/C27H30O14/c1-10-20(31)22(33)24(35)26(37-10)38-12-4-2-11(3-5-12)16-8-15(30)19-14(29)6-13(7-17(19)40-16)39-27-25(36)23(34)21(32)18(9-28)41-27/h2-8,10,18,20-29,31-36H,9H2,1H3/t10-,18+,20-,21+,22+,23-,24+,25+,26-,27+/m0/s1. The van der Waals surface area contributed by atoms with Crippen LogP contribution in [-0.2, 0) is 9.47 Å². The van der Waals surface area contributed by atoms with E-state index >= 15 is 0 Å². The van der Waals surface area contributed by atoms with E-state index in [9.17, 15) is 45.6 Å². The van der Waals surface area contributed by atoms with Crippen molar-refractivity contribution in [2.75, 3.05) is 6.61 Å². The zero-order valence-electron chi connectivity index (χ0n) is 21.5. The maximum Gasteiger partial charge on any atom is 0.229 e. The van der Waals surface area contributed by atoms with Crippen LogP contribution in [0.3, 0.4) is 0 Å². The van der Waals surface area contributed by atoms with Crippen LogP contribution >= 0.6 is 0 Å². The number of phenolic OH excluding ortho intramolecular Hbond substituents is 1. The summed E-state index contributed by atoms with van der Waals surface area (Å²) < 4.78 is 27.8. The fourth-order valence-corrected chi connectivity index (χ4v) is 4.70. The van der Waals surface area contributed by atoms with E-state index < -0.39 is 79.2 Å². The normalized spacial score (nSPS) is 34.0. The molecule has 2 aromatic carbocycles. The van der Waals surface area contributed by atoms with Gasteiger partial charge in [-0.3, -0.25) is 4.79 Å². The van der Waals surface area contributed by atoms with Gasteiger partial charge in [-0.15, -0.1) is 0 Å². The second kappa shape index (κ2) is 11.5. The molecule has 3 aromatic rings. The summed E-state index contributed by atoms with van der Waals surface area (Å²) in [5.41, 5.74) is -0.212. The van der Waals surface area contributed by atoms with E-state index in [1.54, 1.807) is 12.1 Å². The van der Waals surface area contributed by atoms with Crippen molar-refractivity contribution in [1.82, 2.24) is 0 Å². The van der Waals surface area contributed by atoms with Crippen molar-refractivity contribution < 1.29 is 64.2 Å². The molecule has 2 fully saturated rings. The van der Waals surface area contributed by atoms with Gasteiger partial charge >= 0.3 is 0 Å². The van der Waals surface area contributed by atoms with Gasteiger partial charge in [0.2, 0.25) is 12.6 Å². The molecular weight excluding hydrogens is 548 g/mol. The van der Waals surface area contributed by atoms with Crippen LogP contribution in [0.15, 0.2) is 51.7 Å². The molecule has 3 heterocycles. The first-order valence-corrected chi connectivity index (χ1v) is 12.7. The molecule has 0 radical (unpaired) electrons. The summed E-state index contributed by atoms with van der Waals surface area (Å²) >= 11 is 0. The minimum Gasteiger partial charge on any atom is -0.507 e. The molecule has 8 N–H and O–H groups in total. The van der Waals surface area contributed by atoms with Crippen molar-refractivity contribution in [2.24, 2.45) is 0 Å². The Bertz CT molecular complexity index is 1420. The van der Waals surface area contributed by atoms with Gasteiger partial charge in [0, 0.05) is 23.8 Å². The van der Waals surface area contributed by atoms with Crippen LogP contribution in [0.5, 0.6) is 17.2 Å². The Labute approximate surface area is 231 Å². The Balaban J connectivity index is 1.38. The van der Waals surface area contributed by atoms with E-state index in [0.717, 1.165) is 6.07 Å². The number of aliphatic hydroxyl groups excluding tert-OH is 7. The molecule has 0 spiro atoms. The van der Waals surface area contributed by atoms with Crippen molar-refractivity contribution in [3.05, 3.63) is 52.7 Å². The van der Waals surface area contributed by atoms with Crippen LogP contribution in [0.25, 0.3) is 22.3 Å². The molecule has 0 saturated carbocycles. The third-order valence-electron chi connectivity index (χ3n) is 7.08. The van der Waals surface area contributed by atoms with Gasteiger partial charge in [0.25, 0.3) is 0 Å². The van der Waals surface area contributed by atoms with Gasteiger partial charge in [-0.25, -0.2) is 0 Å². The highest BCUT2D eigenvalue weighted by Crippen LogP contribution is 2.34. The molecule has 14 heteroatoms. The summed E-state index contributed by atoms with van der Waals surface area (Å²) in [7, 11) is 0. The van der Waals surface area contributed by atoms with Crippen LogP contribution in [0.4, 0.5) is 0 Å². The van der Waals surface area contributed by atoms with Crippen LogP contribution in [0, 0.1) is 0 Å². The Morgan fingerprint density at radius 2 is 1.37 bits per heavy atom. The first-order valence-electron chi connectivity index (χ1n) is 12.7. The summed E-state index contributed by atoms with van der Waals surface area (Å²) in [5.74, 6) is -0.223. The van der Waals surface area contributed by atoms with Crippen LogP contribution in [0.1, 0.15) is 6.92 Å². The summed E-state index contributed by atoms with van der Waals surface area (Å²) in [4.78, 5) is 12.8. The number of rotatable bonds is 6. The first kappa shape index (κ1) is 29.2. The molecule has 0 aliphatic carbocycles. The first-order chi connectivity index (χ1) is 19.5. The lowest BCUT2D eigenvalue weighted by Gasteiger charge is -2.39. The number of hydrogen-bond donors (Lipinski definition) is 8. The lowest BCUT2D eigenvalue weighted by molar-refractivity contribution is -0.277. The predicted octanol–water partition coefficient (Wildman–Crippen LogP) is -1.45. The number of phenols is 1. The van der Waals surface area contributed by atoms with Crippen LogP contribution in [0.2, 0.25) is 0 Å². The lowest BCUT2D eigenvalue weighted by atomic mass is 9.99. The minimum absolute atomic E-state index is 0.0762. The van der Waals surface area contributed by atoms with Crippen LogP contribution in [-0.4, -0.2) is 109 Å². The fraction of sp³-hybridized carbons (Fsp3) is 0.444. The van der Waals surface area contributed by atoms with Gasteiger partial charge in [0.1, 0.15) is 76.7 Å². The molecule has 5 rings (SSSR count). The van der Waals surface area contributed by atoms with Crippen molar-refractivity contribution in [3.8, 4) is 28.6 Å². The Hall–Kier alpha value is -3.31. The molecule has 2 aliphatic rings. The molecule has 2 aliphatic heterocycles. The zero-order valence-corrected chi connectivity index (χ0v) is 21.5. The zero-order chi connectivity index (χ0) is 29.6. The number of hydrogen-bond acceptors (Lipinski definition) is 14. The monoisotopic (exact) mass is 578 g/mol. The van der Waals surface area contributed by atoms with E-state index in [1.807, 2.05) is 0 Å². The van der Waals surface area contributed by atoms with Gasteiger partial charge in [0.15, 0.2) is 5.43 Å². The minimum atomic E-state index is -1.69. The number of aliphatic hydroxyl groups is 7. The van der Waals surface area contributed by atoms with Crippen molar-refractivity contribution in [2.45, 2.75) is 68.3 Å². The Morgan fingerprint density at radius 3 is 2.02 bits per heavy atom. The second-order valence-electron chi connectivity index (χ2n) is 9.93. The Morgan fingerprint density at radius 1 is 0.756 bits per heavy atom. The summed E-state index contributed by atoms with van der Waals surface area (Å²) in [6.45, 7) is 0.868. The smallest absolute Gasteiger partial charge is 0.229 e. The molecule has 222 valence electrons. The SMILES string of the molecule is C[C@@H]1O[C@@H](Oc2ccc(-c3cc(=O)c4c(O)cc(O[C@@H]5O[C@H](CO)[C@@H](O)[C@H](O)[C@H]5O)cc4o3)cc2)[C@H](O)[C@H](O)[C@H]1O. The van der Waals surface area contributed by atoms with Crippen LogP contribution < -0.4 is 14.9 Å². The van der Waals surface area contributed by atoms with Gasteiger partial charge in [0.05, 0.1) is 12.7 Å². The van der Waals surface area contributed by atoms with Crippen molar-refractivity contribution in [3.63, 3.8) is 0 Å². The highest BCUT2D eigenvalue weighted by molar-refractivity contribution is 5.86. The van der Waals surface area contributed by atoms with E-state index in [4.69, 9.17) is 23.4 Å². The molecule has 2 saturated heterocycles. The highest BCUT2D eigenvalue weighted by Gasteiger charge is 2.45. The summed E-state index contributed by atoms with van der Waals surface area (Å²) in [6.07, 6.45) is -13.9. The summed E-state index contributed by atoms with van der Waals surface area (Å²) in [5, 5.41) is 79.9. The molecule has 41 heavy (non-hydrogen) atoms. The lowest BCUT2D eigenvalue weighted by Crippen LogP contribution is -2.60. The maximum atomic E-state index is 12.8. The molecule has 0 amide bonds. The van der Waals surface area contributed by atoms with E-state index in [-0.39, 0.29) is 28.2 Å². The third-order valence-corrected chi connectivity index (χ3v) is 7.08. The molecular formula is C27H30O14. The average Bonchev–Trinajstić information content (AvgIpc) is 2.95. The molecule has 0 unspecified atom stereocenters.